The fourth-order valence-corrected chi connectivity index (χ4v) is 4.49. The van der Waals surface area contributed by atoms with Gasteiger partial charge in [-0.3, -0.25) is 9.63 Å². The topological polar surface area (TPSA) is 105 Å². The molecule has 36 heavy (non-hydrogen) atoms. The maximum atomic E-state index is 13.3. The lowest BCUT2D eigenvalue weighted by Gasteiger charge is -2.32. The van der Waals surface area contributed by atoms with Gasteiger partial charge in [0.25, 0.3) is 0 Å². The average molecular weight is 536 g/mol. The van der Waals surface area contributed by atoms with E-state index in [1.54, 1.807) is 11.8 Å². The molecule has 0 heterocycles. The van der Waals surface area contributed by atoms with Crippen molar-refractivity contribution in [3.05, 3.63) is 48.0 Å². The number of hydrogen-bond acceptors (Lipinski definition) is 7. The summed E-state index contributed by atoms with van der Waals surface area (Å²) in [6.07, 6.45) is 3.79. The van der Waals surface area contributed by atoms with Crippen LogP contribution >= 0.6 is 24.4 Å². The number of aryl methyl sites for hydroxylation is 1. The van der Waals surface area contributed by atoms with Gasteiger partial charge in [-0.1, -0.05) is 62.7 Å². The molecule has 7 nitrogen and oxygen atoms in total. The normalized spacial score (nSPS) is 14.8. The van der Waals surface area contributed by atoms with Gasteiger partial charge >= 0.3 is 5.97 Å². The molecule has 2 aromatic carbocycles. The van der Waals surface area contributed by atoms with E-state index in [-0.39, 0.29) is 36.9 Å². The number of benzene rings is 2. The van der Waals surface area contributed by atoms with Crippen LogP contribution in [0.2, 0.25) is 0 Å². The number of amides is 1. The Hall–Kier alpha value is -1.78. The molecule has 0 radical (unpaired) electrons. The smallest absolute Gasteiger partial charge is 0.329 e. The molecule has 0 aliphatic carbocycles. The van der Waals surface area contributed by atoms with Gasteiger partial charge in [0, 0.05) is 30.8 Å². The first-order valence-corrected chi connectivity index (χ1v) is 14.6. The minimum atomic E-state index is -1.06. The second-order valence-corrected chi connectivity index (χ2v) is 10.5. The third-order valence-electron chi connectivity index (χ3n) is 6.45. The van der Waals surface area contributed by atoms with E-state index in [0.29, 0.717) is 30.9 Å². The summed E-state index contributed by atoms with van der Waals surface area (Å²) >= 11 is 5.79. The number of carboxylic acids is 1. The summed E-state index contributed by atoms with van der Waals surface area (Å²) in [5, 5.41) is 16.7. The van der Waals surface area contributed by atoms with E-state index in [0.717, 1.165) is 27.8 Å². The van der Waals surface area contributed by atoms with Gasteiger partial charge in [-0.05, 0) is 47.1 Å². The summed E-state index contributed by atoms with van der Waals surface area (Å²) in [7, 11) is 0. The number of hydrogen-bond donors (Lipinski definition) is 4. The second-order valence-electron chi connectivity index (χ2n) is 9.18. The number of carbonyl (C=O) groups excluding carboxylic acids is 1. The van der Waals surface area contributed by atoms with Crippen molar-refractivity contribution in [3.8, 4) is 0 Å². The zero-order valence-corrected chi connectivity index (χ0v) is 23.3. The Balaban J connectivity index is 2.15. The molecule has 0 spiro atoms. The van der Waals surface area contributed by atoms with Crippen LogP contribution in [0.3, 0.4) is 0 Å². The summed E-state index contributed by atoms with van der Waals surface area (Å²) < 4.78 is 0. The first kappa shape index (κ1) is 30.4. The van der Waals surface area contributed by atoms with E-state index in [4.69, 9.17) is 10.6 Å². The van der Waals surface area contributed by atoms with Crippen LogP contribution in [0.1, 0.15) is 38.7 Å². The highest BCUT2D eigenvalue weighted by Gasteiger charge is 2.31. The Morgan fingerprint density at radius 2 is 1.94 bits per heavy atom. The molecule has 0 aliphatic rings. The highest BCUT2D eigenvalue weighted by atomic mass is 32.2. The largest absolute Gasteiger partial charge is 0.480 e. The lowest BCUT2D eigenvalue weighted by atomic mass is 10.00. The molecule has 1 amide bonds. The van der Waals surface area contributed by atoms with Crippen LogP contribution in [0.5, 0.6) is 0 Å². The molecule has 2 aromatic rings. The van der Waals surface area contributed by atoms with Crippen LogP contribution in [0.25, 0.3) is 10.8 Å². The quantitative estimate of drug-likeness (QED) is 0.179. The van der Waals surface area contributed by atoms with Gasteiger partial charge in [0.2, 0.25) is 5.91 Å². The van der Waals surface area contributed by atoms with Crippen LogP contribution in [0.15, 0.2) is 42.5 Å². The first-order chi connectivity index (χ1) is 17.3. The highest BCUT2D eigenvalue weighted by molar-refractivity contribution is 7.98. The Kier molecular flexibility index (Phi) is 13.7. The number of aliphatic carboxylic acids is 1. The number of rotatable bonds is 17. The number of nitrogens with two attached hydrogens (primary N) is 1. The van der Waals surface area contributed by atoms with E-state index >= 15 is 0 Å². The zero-order chi connectivity index (χ0) is 26.5. The lowest BCUT2D eigenvalue weighted by molar-refractivity contribution is -0.210. The highest BCUT2D eigenvalue weighted by Crippen LogP contribution is 2.19. The molecule has 0 fully saturated rings. The van der Waals surface area contributed by atoms with E-state index in [2.05, 4.69) is 37.9 Å². The van der Waals surface area contributed by atoms with Gasteiger partial charge in [-0.2, -0.15) is 24.4 Å². The molecule has 0 saturated carbocycles. The summed E-state index contributed by atoms with van der Waals surface area (Å²) in [6.45, 7) is 4.93. The van der Waals surface area contributed by atoms with Gasteiger partial charge in [0.1, 0.15) is 0 Å². The fraction of sp³-hybridized carbons (Fsp3) is 0.556. The van der Waals surface area contributed by atoms with Crippen LogP contribution in [-0.2, 0) is 20.8 Å². The Morgan fingerprint density at radius 1 is 1.22 bits per heavy atom. The van der Waals surface area contributed by atoms with Crippen molar-refractivity contribution in [1.82, 2.24) is 10.4 Å². The van der Waals surface area contributed by atoms with Gasteiger partial charge in [0.15, 0.2) is 6.04 Å². The number of carboxylic acid groups (broad SMARTS) is 1. The maximum absolute atomic E-state index is 13.3. The predicted octanol–water partition coefficient (Wildman–Crippen LogP) is 4.00. The third kappa shape index (κ3) is 9.59. The number of thioether (sulfide) groups is 1. The minimum absolute atomic E-state index is 0.0771. The number of thiol groups is 1. The number of carbonyl (C=O) groups is 2. The molecule has 4 atom stereocenters. The van der Waals surface area contributed by atoms with Crippen LogP contribution in [-0.4, -0.2) is 71.1 Å². The van der Waals surface area contributed by atoms with Gasteiger partial charge in [0.05, 0.1) is 6.61 Å². The second kappa shape index (κ2) is 16.1. The minimum Gasteiger partial charge on any atom is -0.480 e. The molecule has 2 rings (SSSR count). The lowest BCUT2D eigenvalue weighted by Crippen LogP contribution is -2.50. The van der Waals surface area contributed by atoms with Gasteiger partial charge in [-0.15, -0.1) is 0 Å². The van der Waals surface area contributed by atoms with Crippen LogP contribution < -0.4 is 11.1 Å². The van der Waals surface area contributed by atoms with Gasteiger partial charge in [-0.25, -0.2) is 9.86 Å². The third-order valence-corrected chi connectivity index (χ3v) is 7.56. The van der Waals surface area contributed by atoms with Crippen molar-refractivity contribution in [3.63, 3.8) is 0 Å². The van der Waals surface area contributed by atoms with Crippen molar-refractivity contribution in [2.45, 2.75) is 57.7 Å². The molecule has 0 saturated heterocycles. The van der Waals surface area contributed by atoms with Crippen LogP contribution in [0, 0.1) is 5.92 Å². The van der Waals surface area contributed by atoms with E-state index in [1.807, 2.05) is 42.7 Å². The first-order valence-electron chi connectivity index (χ1n) is 12.5. The average Bonchev–Trinajstić information content (AvgIpc) is 2.89. The summed E-state index contributed by atoms with van der Waals surface area (Å²) in [6, 6.07) is 13.0. The molecule has 0 aromatic heterocycles. The number of fused-ring (bicyclic) bond motifs is 1. The number of hydroxylamine groups is 2. The maximum Gasteiger partial charge on any atom is 0.329 e. The summed E-state index contributed by atoms with van der Waals surface area (Å²) in [4.78, 5) is 31.5. The molecule has 0 bridgehead atoms. The monoisotopic (exact) mass is 535 g/mol. The molecule has 4 N–H and O–H groups in total. The Bertz CT molecular complexity index is 962. The summed E-state index contributed by atoms with van der Waals surface area (Å²) in [5.74, 6) is 0.0236. The van der Waals surface area contributed by atoms with Crippen molar-refractivity contribution >= 4 is 47.0 Å². The summed E-state index contributed by atoms with van der Waals surface area (Å²) in [5.41, 5.74) is 7.04. The molecule has 9 heteroatoms. The van der Waals surface area contributed by atoms with Gasteiger partial charge < -0.3 is 16.2 Å². The number of nitrogens with zero attached hydrogens (tertiary/aromatic N) is 1. The van der Waals surface area contributed by atoms with E-state index in [9.17, 15) is 14.7 Å². The standard InChI is InChI=1S/C27H41N3O4S2/c1-4-19(2)24(29-16-23(28)18-35)17-34-30(25(27(32)33)13-14-36-3)26(31)12-10-20-9-11-21-7-5-6-8-22(21)15-20/h5-9,11,15,19,23-25,29,35H,4,10,12-14,16-18,28H2,1-3H3,(H,32,33)/t19-,23?,24?,25-/m0/s1. The molecule has 0 aliphatic heterocycles. The van der Waals surface area contributed by atoms with Crippen LogP contribution in [0.4, 0.5) is 0 Å². The molecular formula is C27H41N3O4S2. The molecular weight excluding hydrogens is 494 g/mol. The fourth-order valence-electron chi connectivity index (χ4n) is 3.90. The van der Waals surface area contributed by atoms with E-state index in [1.165, 1.54) is 0 Å². The molecule has 2 unspecified atom stereocenters. The van der Waals surface area contributed by atoms with Crippen molar-refractivity contribution in [2.75, 3.05) is 30.9 Å². The Morgan fingerprint density at radius 3 is 2.58 bits per heavy atom. The van der Waals surface area contributed by atoms with Crippen molar-refractivity contribution < 1.29 is 19.5 Å². The van der Waals surface area contributed by atoms with Crippen molar-refractivity contribution in [1.29, 1.82) is 0 Å². The molecule has 200 valence electrons. The zero-order valence-electron chi connectivity index (χ0n) is 21.6. The van der Waals surface area contributed by atoms with E-state index < -0.39 is 12.0 Å². The predicted molar refractivity (Wildman–Crippen MR) is 153 cm³/mol. The van der Waals surface area contributed by atoms with Crippen molar-refractivity contribution in [2.24, 2.45) is 11.7 Å². The SMILES string of the molecule is CC[C@H](C)C(CON(C(=O)CCc1ccc2ccccc2c1)[C@@H](CCSC)C(=O)O)NCC(N)CS. The Labute approximate surface area is 224 Å². The number of nitrogens with one attached hydrogen (secondary N) is 1.